The van der Waals surface area contributed by atoms with Gasteiger partial charge in [-0.2, -0.15) is 0 Å². The zero-order valence-electron chi connectivity index (χ0n) is 13.1. The van der Waals surface area contributed by atoms with Gasteiger partial charge in [-0.25, -0.2) is 4.98 Å². The van der Waals surface area contributed by atoms with E-state index in [0.717, 1.165) is 43.1 Å². The summed E-state index contributed by atoms with van der Waals surface area (Å²) in [5.41, 5.74) is 1.05. The van der Waals surface area contributed by atoms with Crippen LogP contribution in [-0.2, 0) is 16.6 Å². The van der Waals surface area contributed by atoms with Gasteiger partial charge in [0.1, 0.15) is 10.8 Å². The Morgan fingerprint density at radius 3 is 2.55 bits per heavy atom. The predicted molar refractivity (Wildman–Crippen MR) is 84.4 cm³/mol. The fraction of sp³-hybridized carbons (Fsp3) is 0.750. The lowest BCUT2D eigenvalue weighted by molar-refractivity contribution is -0.129. The fourth-order valence-corrected chi connectivity index (χ4v) is 3.82. The molecule has 2 heterocycles. The molecule has 2 rings (SSSR count). The minimum atomic E-state index is -0.112. The van der Waals surface area contributed by atoms with Gasteiger partial charge in [-0.05, 0) is 32.4 Å². The van der Waals surface area contributed by atoms with E-state index >= 15 is 0 Å². The minimum Gasteiger partial charge on any atom is -0.317 e. The van der Waals surface area contributed by atoms with E-state index in [2.05, 4.69) is 43.4 Å². The number of thiazole rings is 1. The maximum atomic E-state index is 12.7. The summed E-state index contributed by atoms with van der Waals surface area (Å²) in [6.45, 7) is 10.6. The molecule has 0 saturated carbocycles. The Morgan fingerprint density at radius 2 is 2.05 bits per heavy atom. The molecule has 1 aromatic rings. The van der Waals surface area contributed by atoms with Crippen LogP contribution in [-0.4, -0.2) is 23.9 Å². The highest BCUT2D eigenvalue weighted by Crippen LogP contribution is 2.35. The van der Waals surface area contributed by atoms with Crippen molar-refractivity contribution in [1.29, 1.82) is 0 Å². The van der Waals surface area contributed by atoms with Gasteiger partial charge in [0, 0.05) is 16.2 Å². The van der Waals surface area contributed by atoms with Crippen LogP contribution in [0, 0.1) is 5.41 Å². The minimum absolute atomic E-state index is 0.0645. The topological polar surface area (TPSA) is 42.0 Å². The van der Waals surface area contributed by atoms with E-state index in [0.29, 0.717) is 12.2 Å². The number of carbonyl (C=O) groups excluding carboxylic acids is 1. The van der Waals surface area contributed by atoms with Gasteiger partial charge in [-0.3, -0.25) is 4.79 Å². The Bertz CT molecular complexity index is 467. The van der Waals surface area contributed by atoms with Crippen LogP contribution >= 0.6 is 11.3 Å². The molecule has 112 valence electrons. The zero-order valence-corrected chi connectivity index (χ0v) is 13.9. The molecule has 0 unspecified atom stereocenters. The van der Waals surface area contributed by atoms with Crippen molar-refractivity contribution >= 4 is 17.1 Å². The molecule has 0 spiro atoms. The van der Waals surface area contributed by atoms with Crippen LogP contribution in [0.5, 0.6) is 0 Å². The number of carbonyl (C=O) groups is 1. The molecule has 0 amide bonds. The van der Waals surface area contributed by atoms with E-state index in [9.17, 15) is 4.79 Å². The van der Waals surface area contributed by atoms with E-state index in [-0.39, 0.29) is 10.8 Å². The second kappa shape index (κ2) is 5.94. The first-order chi connectivity index (χ1) is 9.37. The van der Waals surface area contributed by atoms with Gasteiger partial charge in [0.05, 0.1) is 12.1 Å². The molecule has 3 nitrogen and oxygen atoms in total. The molecule has 4 heteroatoms. The number of aromatic nitrogens is 1. The summed E-state index contributed by atoms with van der Waals surface area (Å²) >= 11 is 1.63. The van der Waals surface area contributed by atoms with Gasteiger partial charge < -0.3 is 5.32 Å². The number of hydrogen-bond acceptors (Lipinski definition) is 4. The third-order valence-electron chi connectivity index (χ3n) is 4.46. The number of rotatable bonds is 4. The average Bonchev–Trinajstić information content (AvgIpc) is 2.88. The molecule has 0 bridgehead atoms. The predicted octanol–water partition coefficient (Wildman–Crippen LogP) is 3.33. The number of piperidine rings is 1. The molecule has 20 heavy (non-hydrogen) atoms. The van der Waals surface area contributed by atoms with Gasteiger partial charge in [-0.15, -0.1) is 11.3 Å². The Labute approximate surface area is 126 Å². The summed E-state index contributed by atoms with van der Waals surface area (Å²) in [7, 11) is 0. The van der Waals surface area contributed by atoms with Gasteiger partial charge in [0.15, 0.2) is 0 Å². The molecular weight excluding hydrogens is 268 g/mol. The lowest BCUT2D eigenvalue weighted by Gasteiger charge is -2.35. The molecule has 1 aliphatic rings. The molecule has 1 aliphatic heterocycles. The highest BCUT2D eigenvalue weighted by atomic mass is 32.1. The Kier molecular flexibility index (Phi) is 4.65. The van der Waals surface area contributed by atoms with Crippen molar-refractivity contribution in [3.63, 3.8) is 0 Å². The summed E-state index contributed by atoms with van der Waals surface area (Å²) in [4.78, 5) is 17.4. The number of Topliss-reactive ketones (excluding diaryl/α,β-unsaturated/α-hetero) is 1. The van der Waals surface area contributed by atoms with Crippen molar-refractivity contribution in [3.8, 4) is 0 Å². The van der Waals surface area contributed by atoms with Crippen LogP contribution in [0.3, 0.4) is 0 Å². The Morgan fingerprint density at radius 1 is 1.40 bits per heavy atom. The van der Waals surface area contributed by atoms with E-state index in [1.54, 1.807) is 11.3 Å². The van der Waals surface area contributed by atoms with Crippen molar-refractivity contribution in [3.05, 3.63) is 16.1 Å². The first-order valence-electron chi connectivity index (χ1n) is 7.56. The maximum Gasteiger partial charge on any atom is 0.145 e. The van der Waals surface area contributed by atoms with Crippen LogP contribution in [0.25, 0.3) is 0 Å². The molecule has 1 aromatic heterocycles. The summed E-state index contributed by atoms with van der Waals surface area (Å²) < 4.78 is 0. The van der Waals surface area contributed by atoms with Crippen LogP contribution in [0.2, 0.25) is 0 Å². The quantitative estimate of drug-likeness (QED) is 0.926. The molecule has 1 fully saturated rings. The molecule has 1 N–H and O–H groups in total. The second-order valence-corrected chi connectivity index (χ2v) is 7.80. The average molecular weight is 294 g/mol. The molecular formula is C16H26N2OS. The number of nitrogens with one attached hydrogen (secondary N) is 1. The van der Waals surface area contributed by atoms with Crippen molar-refractivity contribution in [2.75, 3.05) is 13.1 Å². The van der Waals surface area contributed by atoms with Crippen molar-refractivity contribution in [2.24, 2.45) is 5.41 Å². The van der Waals surface area contributed by atoms with Crippen molar-refractivity contribution in [1.82, 2.24) is 10.3 Å². The molecule has 1 saturated heterocycles. The molecule has 0 atom stereocenters. The number of nitrogens with zero attached hydrogens (tertiary/aromatic N) is 1. The zero-order chi connectivity index (χ0) is 14.8. The van der Waals surface area contributed by atoms with Gasteiger partial charge in [0.25, 0.3) is 0 Å². The third kappa shape index (κ3) is 3.29. The lowest BCUT2D eigenvalue weighted by atomic mass is 9.72. The van der Waals surface area contributed by atoms with E-state index < -0.39 is 0 Å². The summed E-state index contributed by atoms with van der Waals surface area (Å²) in [5.74, 6) is 0.385. The summed E-state index contributed by atoms with van der Waals surface area (Å²) in [5, 5.41) is 6.43. The normalized spacial score (nSPS) is 19.0. The van der Waals surface area contributed by atoms with Crippen molar-refractivity contribution < 1.29 is 4.79 Å². The first kappa shape index (κ1) is 15.6. The lowest BCUT2D eigenvalue weighted by Crippen LogP contribution is -2.42. The fourth-order valence-electron chi connectivity index (χ4n) is 2.80. The van der Waals surface area contributed by atoms with Gasteiger partial charge in [0.2, 0.25) is 0 Å². The Hall–Kier alpha value is -0.740. The number of hydrogen-bond donors (Lipinski definition) is 1. The molecule has 0 aliphatic carbocycles. The van der Waals surface area contributed by atoms with E-state index in [1.807, 2.05) is 0 Å². The maximum absolute atomic E-state index is 12.7. The van der Waals surface area contributed by atoms with Crippen LogP contribution in [0.1, 0.15) is 57.7 Å². The molecule has 0 radical (unpaired) electrons. The highest BCUT2D eigenvalue weighted by molar-refractivity contribution is 7.09. The van der Waals surface area contributed by atoms with E-state index in [1.165, 1.54) is 0 Å². The standard InChI is InChI=1S/C16H26N2OS/c1-5-16(6-8-17-9-7-16)13(19)10-14-18-12(11-20-14)15(2,3)4/h11,17H,5-10H2,1-4H3. The second-order valence-electron chi connectivity index (χ2n) is 6.86. The van der Waals surface area contributed by atoms with Crippen LogP contribution < -0.4 is 5.32 Å². The molecule has 0 aromatic carbocycles. The van der Waals surface area contributed by atoms with Gasteiger partial charge in [-0.1, -0.05) is 27.7 Å². The first-order valence-corrected chi connectivity index (χ1v) is 8.44. The summed E-state index contributed by atoms with van der Waals surface area (Å²) in [6, 6.07) is 0. The van der Waals surface area contributed by atoms with Crippen LogP contribution in [0.4, 0.5) is 0 Å². The van der Waals surface area contributed by atoms with Crippen LogP contribution in [0.15, 0.2) is 5.38 Å². The van der Waals surface area contributed by atoms with E-state index in [4.69, 9.17) is 0 Å². The van der Waals surface area contributed by atoms with Gasteiger partial charge >= 0.3 is 0 Å². The number of ketones is 1. The highest BCUT2D eigenvalue weighted by Gasteiger charge is 2.37. The van der Waals surface area contributed by atoms with Crippen molar-refractivity contribution in [2.45, 2.75) is 58.8 Å². The Balaban J connectivity index is 2.09. The monoisotopic (exact) mass is 294 g/mol. The third-order valence-corrected chi connectivity index (χ3v) is 5.31. The summed E-state index contributed by atoms with van der Waals surface area (Å²) in [6.07, 6.45) is 3.40. The largest absolute Gasteiger partial charge is 0.317 e. The SMILES string of the molecule is CCC1(C(=O)Cc2nc(C(C)(C)C)cs2)CCNCC1. The smallest absolute Gasteiger partial charge is 0.145 e.